The van der Waals surface area contributed by atoms with Crippen LogP contribution in [0, 0.1) is 13.8 Å². The summed E-state index contributed by atoms with van der Waals surface area (Å²) < 4.78 is 3.75. The number of nitrogens with zero attached hydrogens (tertiary/aromatic N) is 4. The SMILES string of the molecule is CCn1nnc2cc(C(=O)NNC(=O)c3cc(C)n(-c4ccccc4)c3C)ccc21. The van der Waals surface area contributed by atoms with Crippen LogP contribution in [-0.2, 0) is 6.54 Å². The van der Waals surface area contributed by atoms with Gasteiger partial charge < -0.3 is 4.57 Å². The fourth-order valence-corrected chi connectivity index (χ4v) is 3.57. The standard InChI is InChI=1S/C22H22N6O2/c1-4-27-20-11-10-16(13-19(20)23-26-27)21(29)24-25-22(30)18-12-14(2)28(15(18)3)17-8-6-5-7-9-17/h5-13H,4H2,1-3H3,(H,24,29)(H,25,30). The molecular weight excluding hydrogens is 380 g/mol. The van der Waals surface area contributed by atoms with Gasteiger partial charge in [-0.3, -0.25) is 20.4 Å². The van der Waals surface area contributed by atoms with Crippen molar-refractivity contribution in [2.24, 2.45) is 0 Å². The highest BCUT2D eigenvalue weighted by molar-refractivity contribution is 6.01. The van der Waals surface area contributed by atoms with Gasteiger partial charge in [-0.1, -0.05) is 23.4 Å². The minimum absolute atomic E-state index is 0.378. The van der Waals surface area contributed by atoms with Crippen molar-refractivity contribution in [1.82, 2.24) is 30.4 Å². The Morgan fingerprint density at radius 3 is 2.43 bits per heavy atom. The Morgan fingerprint density at radius 2 is 1.70 bits per heavy atom. The van der Waals surface area contributed by atoms with E-state index >= 15 is 0 Å². The molecule has 0 saturated heterocycles. The molecule has 8 heteroatoms. The highest BCUT2D eigenvalue weighted by Gasteiger charge is 2.18. The zero-order chi connectivity index (χ0) is 21.3. The molecule has 0 aliphatic carbocycles. The van der Waals surface area contributed by atoms with Crippen LogP contribution in [0.5, 0.6) is 0 Å². The number of nitrogens with one attached hydrogen (secondary N) is 2. The maximum absolute atomic E-state index is 12.7. The van der Waals surface area contributed by atoms with Gasteiger partial charge in [0.1, 0.15) is 5.52 Å². The van der Waals surface area contributed by atoms with Crippen molar-refractivity contribution in [3.05, 3.63) is 77.1 Å². The number of hydrogen-bond donors (Lipinski definition) is 2. The first kappa shape index (κ1) is 19.4. The van der Waals surface area contributed by atoms with E-state index in [0.29, 0.717) is 23.2 Å². The quantitative estimate of drug-likeness (QED) is 0.513. The number of amides is 2. The van der Waals surface area contributed by atoms with Crippen molar-refractivity contribution in [2.45, 2.75) is 27.3 Å². The Bertz CT molecular complexity index is 1240. The third-order valence-corrected chi connectivity index (χ3v) is 5.06. The van der Waals surface area contributed by atoms with Crippen molar-refractivity contribution in [3.63, 3.8) is 0 Å². The molecule has 152 valence electrons. The second kappa shape index (κ2) is 7.82. The highest BCUT2D eigenvalue weighted by Crippen LogP contribution is 2.20. The van der Waals surface area contributed by atoms with E-state index in [4.69, 9.17) is 0 Å². The molecule has 0 aliphatic heterocycles. The molecule has 0 radical (unpaired) electrons. The number of hydrazine groups is 1. The maximum atomic E-state index is 12.7. The van der Waals surface area contributed by atoms with E-state index < -0.39 is 5.91 Å². The predicted molar refractivity (Wildman–Crippen MR) is 113 cm³/mol. The van der Waals surface area contributed by atoms with E-state index in [1.165, 1.54) is 0 Å². The van der Waals surface area contributed by atoms with Crippen molar-refractivity contribution < 1.29 is 9.59 Å². The summed E-state index contributed by atoms with van der Waals surface area (Å²) in [7, 11) is 0. The third kappa shape index (κ3) is 3.43. The molecule has 0 atom stereocenters. The summed E-state index contributed by atoms with van der Waals surface area (Å²) in [5.41, 5.74) is 10.0. The Labute approximate surface area is 173 Å². The van der Waals surface area contributed by atoms with Crippen LogP contribution in [0.4, 0.5) is 0 Å². The number of benzene rings is 2. The summed E-state index contributed by atoms with van der Waals surface area (Å²) in [5, 5.41) is 8.11. The molecule has 0 saturated carbocycles. The van der Waals surface area contributed by atoms with Crippen LogP contribution in [-0.4, -0.2) is 31.4 Å². The molecule has 4 aromatic rings. The Morgan fingerprint density at radius 1 is 0.967 bits per heavy atom. The first-order valence-corrected chi connectivity index (χ1v) is 9.68. The second-order valence-corrected chi connectivity index (χ2v) is 6.97. The number of carbonyl (C=O) groups excluding carboxylic acids is 2. The monoisotopic (exact) mass is 402 g/mol. The number of para-hydroxylation sites is 1. The van der Waals surface area contributed by atoms with Crippen molar-refractivity contribution in [1.29, 1.82) is 0 Å². The van der Waals surface area contributed by atoms with E-state index in [-0.39, 0.29) is 5.91 Å². The molecule has 2 aromatic carbocycles. The third-order valence-electron chi connectivity index (χ3n) is 5.06. The van der Waals surface area contributed by atoms with E-state index in [1.54, 1.807) is 28.9 Å². The predicted octanol–water partition coefficient (Wildman–Crippen LogP) is 2.93. The lowest BCUT2D eigenvalue weighted by molar-refractivity contribution is 0.0846. The maximum Gasteiger partial charge on any atom is 0.271 e. The minimum Gasteiger partial charge on any atom is -0.318 e. The number of carbonyl (C=O) groups is 2. The molecule has 0 fully saturated rings. The Kier molecular flexibility index (Phi) is 5.05. The molecule has 30 heavy (non-hydrogen) atoms. The van der Waals surface area contributed by atoms with Gasteiger partial charge in [0.25, 0.3) is 11.8 Å². The van der Waals surface area contributed by atoms with Crippen LogP contribution in [0.1, 0.15) is 39.0 Å². The zero-order valence-corrected chi connectivity index (χ0v) is 17.0. The molecule has 2 heterocycles. The van der Waals surface area contributed by atoms with Crippen LogP contribution in [0.2, 0.25) is 0 Å². The molecule has 0 spiro atoms. The van der Waals surface area contributed by atoms with Gasteiger partial charge in [0.15, 0.2) is 0 Å². The Balaban J connectivity index is 1.49. The van der Waals surface area contributed by atoms with Crippen molar-refractivity contribution >= 4 is 22.8 Å². The van der Waals surface area contributed by atoms with Crippen molar-refractivity contribution in [2.75, 3.05) is 0 Å². The van der Waals surface area contributed by atoms with E-state index in [9.17, 15) is 9.59 Å². The molecule has 2 N–H and O–H groups in total. The number of hydrogen-bond acceptors (Lipinski definition) is 4. The van der Waals surface area contributed by atoms with Gasteiger partial charge in [-0.15, -0.1) is 5.10 Å². The summed E-state index contributed by atoms with van der Waals surface area (Å²) in [6.07, 6.45) is 0. The summed E-state index contributed by atoms with van der Waals surface area (Å²) in [6.45, 7) is 6.48. The van der Waals surface area contributed by atoms with Gasteiger partial charge in [0, 0.05) is 29.2 Å². The minimum atomic E-state index is -0.423. The zero-order valence-electron chi connectivity index (χ0n) is 17.0. The average molecular weight is 402 g/mol. The molecule has 2 amide bonds. The average Bonchev–Trinajstić information content (AvgIpc) is 3.31. The lowest BCUT2D eigenvalue weighted by Crippen LogP contribution is -2.41. The first-order valence-electron chi connectivity index (χ1n) is 9.68. The van der Waals surface area contributed by atoms with Gasteiger partial charge in [-0.2, -0.15) is 0 Å². The number of aryl methyl sites for hydroxylation is 2. The summed E-state index contributed by atoms with van der Waals surface area (Å²) in [6, 6.07) is 16.7. The van der Waals surface area contributed by atoms with Gasteiger partial charge >= 0.3 is 0 Å². The van der Waals surface area contributed by atoms with Crippen LogP contribution < -0.4 is 10.9 Å². The van der Waals surface area contributed by atoms with Crippen LogP contribution in [0.3, 0.4) is 0 Å². The number of rotatable bonds is 4. The smallest absolute Gasteiger partial charge is 0.271 e. The summed E-state index contributed by atoms with van der Waals surface area (Å²) in [4.78, 5) is 25.2. The lowest BCUT2D eigenvalue weighted by atomic mass is 10.2. The van der Waals surface area contributed by atoms with Gasteiger partial charge in [0.05, 0.1) is 11.1 Å². The molecule has 2 aromatic heterocycles. The normalized spacial score (nSPS) is 10.9. The molecular formula is C22H22N6O2. The molecule has 4 rings (SSSR count). The van der Waals surface area contributed by atoms with Crippen LogP contribution in [0.25, 0.3) is 16.7 Å². The lowest BCUT2D eigenvalue weighted by Gasteiger charge is -2.10. The van der Waals surface area contributed by atoms with Crippen molar-refractivity contribution in [3.8, 4) is 5.69 Å². The van der Waals surface area contributed by atoms with Gasteiger partial charge in [-0.05, 0) is 57.2 Å². The fraction of sp³-hybridized carbons (Fsp3) is 0.182. The first-order chi connectivity index (χ1) is 14.5. The molecule has 8 nitrogen and oxygen atoms in total. The highest BCUT2D eigenvalue weighted by atomic mass is 16.2. The number of fused-ring (bicyclic) bond motifs is 1. The number of aromatic nitrogens is 4. The second-order valence-electron chi connectivity index (χ2n) is 6.97. The van der Waals surface area contributed by atoms with Crippen LogP contribution >= 0.6 is 0 Å². The largest absolute Gasteiger partial charge is 0.318 e. The Hall–Kier alpha value is -3.94. The summed E-state index contributed by atoms with van der Waals surface area (Å²) >= 11 is 0. The summed E-state index contributed by atoms with van der Waals surface area (Å²) in [5.74, 6) is -0.801. The van der Waals surface area contributed by atoms with Gasteiger partial charge in [-0.25, -0.2) is 4.68 Å². The van der Waals surface area contributed by atoms with Crippen LogP contribution in [0.15, 0.2) is 54.6 Å². The fourth-order valence-electron chi connectivity index (χ4n) is 3.57. The molecule has 0 aliphatic rings. The van der Waals surface area contributed by atoms with E-state index in [2.05, 4.69) is 21.2 Å². The van der Waals surface area contributed by atoms with E-state index in [1.807, 2.05) is 55.7 Å². The van der Waals surface area contributed by atoms with E-state index in [0.717, 1.165) is 22.6 Å². The molecule has 0 unspecified atom stereocenters. The van der Waals surface area contributed by atoms with Gasteiger partial charge in [0.2, 0.25) is 0 Å². The molecule has 0 bridgehead atoms. The topological polar surface area (TPSA) is 93.8 Å².